The Kier molecular flexibility index (Phi) is 5.09. The third-order valence-electron chi connectivity index (χ3n) is 1.67. The summed E-state index contributed by atoms with van der Waals surface area (Å²) >= 11 is 7.41. The first-order chi connectivity index (χ1) is 6.38. The predicted octanol–water partition coefficient (Wildman–Crippen LogP) is 3.17. The van der Waals surface area contributed by atoms with E-state index in [1.807, 2.05) is 30.0 Å². The van der Waals surface area contributed by atoms with Crippen LogP contribution in [0.1, 0.15) is 5.56 Å². The molecule has 0 fully saturated rings. The summed E-state index contributed by atoms with van der Waals surface area (Å²) in [5.74, 6) is 3.63. The minimum Gasteiger partial charge on any atom is -0.496 e. The molecular formula is C10H13ClOS. The van der Waals surface area contributed by atoms with E-state index in [9.17, 15) is 0 Å². The number of hydrogen-bond donors (Lipinski definition) is 0. The molecule has 3 heteroatoms. The zero-order chi connectivity index (χ0) is 9.52. The highest BCUT2D eigenvalue weighted by molar-refractivity contribution is 7.98. The van der Waals surface area contributed by atoms with E-state index in [1.54, 1.807) is 7.11 Å². The number of ether oxygens (including phenoxy) is 1. The van der Waals surface area contributed by atoms with Gasteiger partial charge in [0.25, 0.3) is 0 Å². The Labute approximate surface area is 88.4 Å². The number of alkyl halides is 1. The van der Waals surface area contributed by atoms with Crippen LogP contribution in [-0.4, -0.2) is 18.7 Å². The molecule has 13 heavy (non-hydrogen) atoms. The van der Waals surface area contributed by atoms with Crippen molar-refractivity contribution >= 4 is 23.4 Å². The molecule has 0 heterocycles. The summed E-state index contributed by atoms with van der Waals surface area (Å²) in [4.78, 5) is 0. The number of methoxy groups -OCH3 is 1. The molecule has 0 aliphatic heterocycles. The normalized spacial score (nSPS) is 10.0. The molecule has 0 saturated heterocycles. The summed E-state index contributed by atoms with van der Waals surface area (Å²) in [5.41, 5.74) is 1.24. The van der Waals surface area contributed by atoms with Crippen LogP contribution in [0.15, 0.2) is 24.3 Å². The Balaban J connectivity index is 2.54. The van der Waals surface area contributed by atoms with E-state index in [2.05, 4.69) is 6.07 Å². The highest BCUT2D eigenvalue weighted by atomic mass is 35.5. The van der Waals surface area contributed by atoms with E-state index in [0.29, 0.717) is 5.88 Å². The summed E-state index contributed by atoms with van der Waals surface area (Å²) in [6.07, 6.45) is 0. The lowest BCUT2D eigenvalue weighted by molar-refractivity contribution is 0.411. The maximum absolute atomic E-state index is 5.59. The summed E-state index contributed by atoms with van der Waals surface area (Å²) < 4.78 is 5.23. The van der Waals surface area contributed by atoms with Gasteiger partial charge in [0.15, 0.2) is 0 Å². The molecule has 0 N–H and O–H groups in total. The van der Waals surface area contributed by atoms with Gasteiger partial charge in [0, 0.05) is 22.9 Å². The number of thioether (sulfide) groups is 1. The van der Waals surface area contributed by atoms with Gasteiger partial charge < -0.3 is 4.74 Å². The molecule has 0 bridgehead atoms. The molecule has 1 rings (SSSR count). The van der Waals surface area contributed by atoms with Crippen molar-refractivity contribution in [3.05, 3.63) is 29.8 Å². The minimum absolute atomic E-state index is 0.708. The molecule has 1 nitrogen and oxygen atoms in total. The second-order valence-corrected chi connectivity index (χ2v) is 4.04. The average molecular weight is 217 g/mol. The van der Waals surface area contributed by atoms with Gasteiger partial charge in [-0.15, -0.1) is 11.6 Å². The van der Waals surface area contributed by atoms with Crippen molar-refractivity contribution in [2.75, 3.05) is 18.7 Å². The molecule has 0 aliphatic rings. The van der Waals surface area contributed by atoms with Crippen LogP contribution < -0.4 is 4.74 Å². The molecule has 1 aromatic rings. The predicted molar refractivity (Wildman–Crippen MR) is 59.9 cm³/mol. The van der Waals surface area contributed by atoms with Crippen LogP contribution in [0, 0.1) is 0 Å². The second kappa shape index (κ2) is 6.17. The lowest BCUT2D eigenvalue weighted by atomic mass is 10.2. The van der Waals surface area contributed by atoms with Crippen molar-refractivity contribution in [2.45, 2.75) is 5.75 Å². The van der Waals surface area contributed by atoms with E-state index in [-0.39, 0.29) is 0 Å². The topological polar surface area (TPSA) is 9.23 Å². The van der Waals surface area contributed by atoms with E-state index in [4.69, 9.17) is 16.3 Å². The van der Waals surface area contributed by atoms with Crippen LogP contribution >= 0.6 is 23.4 Å². The van der Waals surface area contributed by atoms with Crippen molar-refractivity contribution in [2.24, 2.45) is 0 Å². The van der Waals surface area contributed by atoms with Crippen LogP contribution in [0.2, 0.25) is 0 Å². The van der Waals surface area contributed by atoms with Crippen LogP contribution in [0.4, 0.5) is 0 Å². The van der Waals surface area contributed by atoms with Crippen molar-refractivity contribution in [3.63, 3.8) is 0 Å². The molecule has 0 amide bonds. The highest BCUT2D eigenvalue weighted by Crippen LogP contribution is 2.22. The standard InChI is InChI=1S/C10H13ClOS/c1-12-10-5-3-2-4-9(10)8-13-7-6-11/h2-5H,6-8H2,1H3. The van der Waals surface area contributed by atoms with Gasteiger partial charge >= 0.3 is 0 Å². The van der Waals surface area contributed by atoms with E-state index in [1.165, 1.54) is 5.56 Å². The van der Waals surface area contributed by atoms with Crippen LogP contribution in [-0.2, 0) is 5.75 Å². The molecule has 0 aliphatic carbocycles. The monoisotopic (exact) mass is 216 g/mol. The second-order valence-electron chi connectivity index (χ2n) is 2.55. The Hall–Kier alpha value is -0.340. The van der Waals surface area contributed by atoms with Crippen LogP contribution in [0.3, 0.4) is 0 Å². The maximum atomic E-state index is 5.59. The first-order valence-corrected chi connectivity index (χ1v) is 5.83. The Morgan fingerprint density at radius 3 is 2.85 bits per heavy atom. The van der Waals surface area contributed by atoms with Crippen LogP contribution in [0.25, 0.3) is 0 Å². The fourth-order valence-corrected chi connectivity index (χ4v) is 2.10. The van der Waals surface area contributed by atoms with E-state index in [0.717, 1.165) is 17.3 Å². The SMILES string of the molecule is COc1ccccc1CSCCCl. The lowest BCUT2D eigenvalue weighted by Crippen LogP contribution is -1.90. The average Bonchev–Trinajstić information content (AvgIpc) is 2.19. The lowest BCUT2D eigenvalue weighted by Gasteiger charge is -2.06. The van der Waals surface area contributed by atoms with E-state index >= 15 is 0 Å². The molecule has 0 spiro atoms. The Morgan fingerprint density at radius 2 is 2.15 bits per heavy atom. The Bertz CT molecular complexity index is 252. The van der Waals surface area contributed by atoms with Crippen molar-refractivity contribution < 1.29 is 4.74 Å². The summed E-state index contributed by atoms with van der Waals surface area (Å²) in [6.45, 7) is 0. The van der Waals surface area contributed by atoms with Gasteiger partial charge in [0.2, 0.25) is 0 Å². The largest absolute Gasteiger partial charge is 0.496 e. The summed E-state index contributed by atoms with van der Waals surface area (Å²) in [5, 5.41) is 0. The number of para-hydroxylation sites is 1. The zero-order valence-electron chi connectivity index (χ0n) is 7.63. The van der Waals surface area contributed by atoms with Gasteiger partial charge in [-0.2, -0.15) is 11.8 Å². The molecule has 0 radical (unpaired) electrons. The number of hydrogen-bond acceptors (Lipinski definition) is 2. The van der Waals surface area contributed by atoms with Gasteiger partial charge in [0.05, 0.1) is 7.11 Å². The summed E-state index contributed by atoms with van der Waals surface area (Å²) in [6, 6.07) is 8.07. The molecule has 0 saturated carbocycles. The quantitative estimate of drug-likeness (QED) is 0.553. The maximum Gasteiger partial charge on any atom is 0.122 e. The van der Waals surface area contributed by atoms with Gasteiger partial charge in [-0.25, -0.2) is 0 Å². The number of rotatable bonds is 5. The molecular weight excluding hydrogens is 204 g/mol. The number of halogens is 1. The third kappa shape index (κ3) is 3.49. The van der Waals surface area contributed by atoms with Crippen molar-refractivity contribution in [1.29, 1.82) is 0 Å². The first-order valence-electron chi connectivity index (χ1n) is 4.14. The highest BCUT2D eigenvalue weighted by Gasteiger charge is 2.00. The molecule has 0 aromatic heterocycles. The first kappa shape index (κ1) is 10.7. The third-order valence-corrected chi connectivity index (χ3v) is 3.09. The molecule has 0 unspecified atom stereocenters. The van der Waals surface area contributed by atoms with E-state index < -0.39 is 0 Å². The van der Waals surface area contributed by atoms with Gasteiger partial charge in [0.1, 0.15) is 5.75 Å². The van der Waals surface area contributed by atoms with Gasteiger partial charge in [-0.1, -0.05) is 18.2 Å². The fourth-order valence-electron chi connectivity index (χ4n) is 1.06. The zero-order valence-corrected chi connectivity index (χ0v) is 9.20. The van der Waals surface area contributed by atoms with Crippen molar-refractivity contribution in [3.8, 4) is 5.75 Å². The molecule has 72 valence electrons. The van der Waals surface area contributed by atoms with Gasteiger partial charge in [-0.05, 0) is 6.07 Å². The fraction of sp³-hybridized carbons (Fsp3) is 0.400. The number of benzene rings is 1. The summed E-state index contributed by atoms with van der Waals surface area (Å²) in [7, 11) is 1.70. The minimum atomic E-state index is 0.708. The Morgan fingerprint density at radius 1 is 1.38 bits per heavy atom. The molecule has 0 atom stereocenters. The van der Waals surface area contributed by atoms with Crippen LogP contribution in [0.5, 0.6) is 5.75 Å². The molecule has 1 aromatic carbocycles. The van der Waals surface area contributed by atoms with Crippen molar-refractivity contribution in [1.82, 2.24) is 0 Å². The van der Waals surface area contributed by atoms with Gasteiger partial charge in [-0.3, -0.25) is 0 Å². The smallest absolute Gasteiger partial charge is 0.122 e.